The Labute approximate surface area is 67.8 Å². The molecule has 0 bridgehead atoms. The van der Waals surface area contributed by atoms with Crippen LogP contribution in [-0.4, -0.2) is 31.1 Å². The predicted molar refractivity (Wildman–Crippen MR) is 43.8 cm³/mol. The first-order chi connectivity index (χ1) is 5.24. The minimum absolute atomic E-state index is 0.247. The monoisotopic (exact) mass is 153 g/mol. The molecule has 1 atom stereocenters. The van der Waals surface area contributed by atoms with Crippen molar-refractivity contribution in [2.24, 2.45) is 11.7 Å². The number of nitriles is 1. The zero-order valence-corrected chi connectivity index (χ0v) is 6.95. The first kappa shape index (κ1) is 8.51. The van der Waals surface area contributed by atoms with Crippen molar-refractivity contribution in [3.63, 3.8) is 0 Å². The second kappa shape index (κ2) is 3.70. The fourth-order valence-corrected chi connectivity index (χ4v) is 1.49. The maximum Gasteiger partial charge on any atom is 0.0957 e. The van der Waals surface area contributed by atoms with Gasteiger partial charge in [0.2, 0.25) is 0 Å². The van der Waals surface area contributed by atoms with E-state index in [1.54, 1.807) is 0 Å². The maximum atomic E-state index is 8.56. The van der Waals surface area contributed by atoms with E-state index in [-0.39, 0.29) is 6.04 Å². The summed E-state index contributed by atoms with van der Waals surface area (Å²) in [5.41, 5.74) is 5.61. The van der Waals surface area contributed by atoms with Crippen LogP contribution in [0.5, 0.6) is 0 Å². The van der Waals surface area contributed by atoms with Gasteiger partial charge in [0.15, 0.2) is 0 Å². The van der Waals surface area contributed by atoms with Crippen LogP contribution >= 0.6 is 0 Å². The third-order valence-electron chi connectivity index (χ3n) is 2.42. The number of hydrogen-bond donors (Lipinski definition) is 1. The molecule has 0 radical (unpaired) electrons. The van der Waals surface area contributed by atoms with E-state index in [0.29, 0.717) is 5.92 Å². The Balaban J connectivity index is 2.34. The summed E-state index contributed by atoms with van der Waals surface area (Å²) in [5.74, 6) is 0.427. The fourth-order valence-electron chi connectivity index (χ4n) is 1.49. The number of nitrogens with two attached hydrogens (primary N) is 1. The van der Waals surface area contributed by atoms with Crippen LogP contribution in [0, 0.1) is 17.2 Å². The van der Waals surface area contributed by atoms with Crippen molar-refractivity contribution in [1.82, 2.24) is 4.90 Å². The molecule has 0 aromatic heterocycles. The van der Waals surface area contributed by atoms with Crippen molar-refractivity contribution in [2.45, 2.75) is 18.9 Å². The Morgan fingerprint density at radius 1 is 1.55 bits per heavy atom. The van der Waals surface area contributed by atoms with Gasteiger partial charge in [-0.1, -0.05) is 0 Å². The van der Waals surface area contributed by atoms with Gasteiger partial charge < -0.3 is 10.6 Å². The van der Waals surface area contributed by atoms with Crippen molar-refractivity contribution in [3.05, 3.63) is 0 Å². The smallest absolute Gasteiger partial charge is 0.0957 e. The van der Waals surface area contributed by atoms with Crippen molar-refractivity contribution in [3.8, 4) is 6.07 Å². The van der Waals surface area contributed by atoms with Crippen LogP contribution < -0.4 is 5.73 Å². The van der Waals surface area contributed by atoms with E-state index >= 15 is 0 Å². The van der Waals surface area contributed by atoms with E-state index in [2.05, 4.69) is 18.0 Å². The third-order valence-corrected chi connectivity index (χ3v) is 2.42. The van der Waals surface area contributed by atoms with Crippen LogP contribution in [0.2, 0.25) is 0 Å². The number of piperidine rings is 1. The first-order valence-corrected chi connectivity index (χ1v) is 4.08. The number of hydrogen-bond acceptors (Lipinski definition) is 3. The molecule has 0 saturated carbocycles. The van der Waals surface area contributed by atoms with Gasteiger partial charge in [-0.15, -0.1) is 0 Å². The average Bonchev–Trinajstić information content (AvgIpc) is 2.05. The Kier molecular flexibility index (Phi) is 2.86. The van der Waals surface area contributed by atoms with Gasteiger partial charge in [-0.05, 0) is 38.9 Å². The lowest BCUT2D eigenvalue weighted by Gasteiger charge is -2.29. The Hall–Kier alpha value is -0.590. The van der Waals surface area contributed by atoms with Crippen LogP contribution in [0.4, 0.5) is 0 Å². The van der Waals surface area contributed by atoms with Crippen molar-refractivity contribution in [2.75, 3.05) is 20.1 Å². The maximum absolute atomic E-state index is 8.56. The third kappa shape index (κ3) is 2.18. The van der Waals surface area contributed by atoms with E-state index in [1.807, 2.05) is 0 Å². The molecule has 2 N–H and O–H groups in total. The number of nitrogens with zero attached hydrogens (tertiary/aromatic N) is 2. The molecule has 1 aliphatic rings. The second-order valence-electron chi connectivity index (χ2n) is 3.30. The molecule has 1 saturated heterocycles. The van der Waals surface area contributed by atoms with Gasteiger partial charge >= 0.3 is 0 Å². The lowest BCUT2D eigenvalue weighted by molar-refractivity contribution is 0.211. The van der Waals surface area contributed by atoms with E-state index in [0.717, 1.165) is 25.9 Å². The summed E-state index contributed by atoms with van der Waals surface area (Å²) < 4.78 is 0. The molecule has 1 rings (SSSR count). The van der Waals surface area contributed by atoms with E-state index < -0.39 is 0 Å². The topological polar surface area (TPSA) is 53.0 Å². The molecule has 3 nitrogen and oxygen atoms in total. The Morgan fingerprint density at radius 3 is 2.55 bits per heavy atom. The summed E-state index contributed by atoms with van der Waals surface area (Å²) in [4.78, 5) is 2.28. The molecule has 11 heavy (non-hydrogen) atoms. The Morgan fingerprint density at radius 2 is 2.09 bits per heavy atom. The number of likely N-dealkylation sites (tertiary alicyclic amines) is 1. The lowest BCUT2D eigenvalue weighted by Crippen LogP contribution is -2.38. The quantitative estimate of drug-likeness (QED) is 0.584. The summed E-state index contributed by atoms with van der Waals surface area (Å²) in [6.45, 7) is 2.17. The summed E-state index contributed by atoms with van der Waals surface area (Å²) in [6, 6.07) is 1.86. The van der Waals surface area contributed by atoms with Crippen LogP contribution in [-0.2, 0) is 0 Å². The predicted octanol–water partition coefficient (Wildman–Crippen LogP) is 0.179. The van der Waals surface area contributed by atoms with Gasteiger partial charge in [0.05, 0.1) is 12.1 Å². The van der Waals surface area contributed by atoms with Crippen molar-refractivity contribution < 1.29 is 0 Å². The largest absolute Gasteiger partial charge is 0.316 e. The SMILES string of the molecule is CN1CCC(C(N)C#N)CC1. The fraction of sp³-hybridized carbons (Fsp3) is 0.875. The van der Waals surface area contributed by atoms with Crippen LogP contribution in [0.1, 0.15) is 12.8 Å². The molecule has 62 valence electrons. The molecule has 1 aliphatic heterocycles. The summed E-state index contributed by atoms with van der Waals surface area (Å²) in [6.07, 6.45) is 2.15. The van der Waals surface area contributed by atoms with E-state index in [4.69, 9.17) is 11.0 Å². The molecule has 1 unspecified atom stereocenters. The molecule has 0 amide bonds. The van der Waals surface area contributed by atoms with Crippen molar-refractivity contribution >= 4 is 0 Å². The molecule has 0 aromatic rings. The zero-order chi connectivity index (χ0) is 8.27. The van der Waals surface area contributed by atoms with Gasteiger partial charge in [-0.3, -0.25) is 0 Å². The molecule has 1 fully saturated rings. The molecule has 1 heterocycles. The highest BCUT2D eigenvalue weighted by Gasteiger charge is 2.21. The molecule has 0 aromatic carbocycles. The van der Waals surface area contributed by atoms with Gasteiger partial charge in [-0.2, -0.15) is 5.26 Å². The summed E-state index contributed by atoms with van der Waals surface area (Å²) >= 11 is 0. The second-order valence-corrected chi connectivity index (χ2v) is 3.30. The van der Waals surface area contributed by atoms with Gasteiger partial charge in [0.25, 0.3) is 0 Å². The van der Waals surface area contributed by atoms with Gasteiger partial charge in [0.1, 0.15) is 0 Å². The standard InChI is InChI=1S/C8H15N3/c1-11-4-2-7(3-5-11)8(10)6-9/h7-8H,2-5,10H2,1H3. The highest BCUT2D eigenvalue weighted by atomic mass is 15.1. The van der Waals surface area contributed by atoms with Crippen molar-refractivity contribution in [1.29, 1.82) is 5.26 Å². The van der Waals surface area contributed by atoms with Crippen LogP contribution in [0.15, 0.2) is 0 Å². The molecular weight excluding hydrogens is 138 g/mol. The minimum Gasteiger partial charge on any atom is -0.316 e. The highest BCUT2D eigenvalue weighted by Crippen LogP contribution is 2.17. The molecule has 3 heteroatoms. The van der Waals surface area contributed by atoms with E-state index in [1.165, 1.54) is 0 Å². The normalized spacial score (nSPS) is 24.5. The van der Waals surface area contributed by atoms with E-state index in [9.17, 15) is 0 Å². The zero-order valence-electron chi connectivity index (χ0n) is 6.95. The minimum atomic E-state index is -0.247. The average molecular weight is 153 g/mol. The first-order valence-electron chi connectivity index (χ1n) is 4.08. The molecule has 0 aliphatic carbocycles. The molecule has 0 spiro atoms. The highest BCUT2D eigenvalue weighted by molar-refractivity contribution is 4.93. The molecular formula is C8H15N3. The van der Waals surface area contributed by atoms with Crippen LogP contribution in [0.25, 0.3) is 0 Å². The Bertz CT molecular complexity index is 153. The summed E-state index contributed by atoms with van der Waals surface area (Å²) in [5, 5.41) is 8.56. The number of rotatable bonds is 1. The van der Waals surface area contributed by atoms with Gasteiger partial charge in [0, 0.05) is 0 Å². The lowest BCUT2D eigenvalue weighted by atomic mass is 9.91. The van der Waals surface area contributed by atoms with Crippen LogP contribution in [0.3, 0.4) is 0 Å². The summed E-state index contributed by atoms with van der Waals surface area (Å²) in [7, 11) is 2.11. The van der Waals surface area contributed by atoms with Gasteiger partial charge in [-0.25, -0.2) is 0 Å².